The van der Waals surface area contributed by atoms with Crippen LogP contribution in [0.1, 0.15) is 27.3 Å². The molecule has 7 heteroatoms. The number of rotatable bonds is 4. The zero-order valence-corrected chi connectivity index (χ0v) is 16.5. The summed E-state index contributed by atoms with van der Waals surface area (Å²) in [5.74, 6) is -0.358. The van der Waals surface area contributed by atoms with Crippen LogP contribution >= 0.6 is 0 Å². The maximum atomic E-state index is 12.7. The van der Waals surface area contributed by atoms with Crippen LogP contribution in [0.15, 0.2) is 53.4 Å². The maximum absolute atomic E-state index is 12.7. The number of nitrogens with zero attached hydrogens (tertiary/aromatic N) is 2. The van der Waals surface area contributed by atoms with Crippen LogP contribution in [0.2, 0.25) is 0 Å². The van der Waals surface area contributed by atoms with Crippen molar-refractivity contribution in [1.82, 2.24) is 9.78 Å². The van der Waals surface area contributed by atoms with Gasteiger partial charge in [0, 0.05) is 23.2 Å². The first-order valence-corrected chi connectivity index (χ1v) is 10.3. The van der Waals surface area contributed by atoms with Crippen LogP contribution in [0.25, 0.3) is 5.69 Å². The van der Waals surface area contributed by atoms with Gasteiger partial charge in [-0.2, -0.15) is 5.10 Å². The van der Waals surface area contributed by atoms with Gasteiger partial charge in [0.1, 0.15) is 0 Å². The van der Waals surface area contributed by atoms with Crippen molar-refractivity contribution in [2.45, 2.75) is 25.7 Å². The van der Waals surface area contributed by atoms with Crippen molar-refractivity contribution in [3.05, 3.63) is 71.0 Å². The Labute approximate surface area is 158 Å². The molecule has 0 spiro atoms. The number of benzene rings is 2. The lowest BCUT2D eigenvalue weighted by atomic mass is 10.1. The molecule has 3 rings (SSSR count). The largest absolute Gasteiger partial charge is 0.322 e. The van der Waals surface area contributed by atoms with Crippen molar-refractivity contribution in [3.63, 3.8) is 0 Å². The Hall–Kier alpha value is -2.93. The minimum Gasteiger partial charge on any atom is -0.322 e. The van der Waals surface area contributed by atoms with Gasteiger partial charge >= 0.3 is 0 Å². The van der Waals surface area contributed by atoms with Gasteiger partial charge in [0.25, 0.3) is 5.91 Å². The highest BCUT2D eigenvalue weighted by Crippen LogP contribution is 2.20. The molecule has 27 heavy (non-hydrogen) atoms. The second-order valence-electron chi connectivity index (χ2n) is 6.59. The molecule has 0 aliphatic rings. The molecule has 0 saturated carbocycles. The van der Waals surface area contributed by atoms with Crippen molar-refractivity contribution in [1.29, 1.82) is 0 Å². The second kappa shape index (κ2) is 7.00. The lowest BCUT2D eigenvalue weighted by Crippen LogP contribution is -2.14. The first-order chi connectivity index (χ1) is 12.6. The Morgan fingerprint density at radius 2 is 1.78 bits per heavy atom. The van der Waals surface area contributed by atoms with E-state index in [4.69, 9.17) is 0 Å². The fourth-order valence-corrected chi connectivity index (χ4v) is 3.53. The summed E-state index contributed by atoms with van der Waals surface area (Å²) >= 11 is 0. The molecule has 1 heterocycles. The van der Waals surface area contributed by atoms with E-state index >= 15 is 0 Å². The van der Waals surface area contributed by atoms with Crippen molar-refractivity contribution in [2.75, 3.05) is 11.6 Å². The van der Waals surface area contributed by atoms with Gasteiger partial charge < -0.3 is 5.32 Å². The van der Waals surface area contributed by atoms with E-state index in [1.54, 1.807) is 23.7 Å². The molecule has 1 aromatic heterocycles. The van der Waals surface area contributed by atoms with E-state index in [1.165, 1.54) is 12.1 Å². The van der Waals surface area contributed by atoms with E-state index in [1.807, 2.05) is 38.1 Å². The van der Waals surface area contributed by atoms with Gasteiger partial charge in [-0.1, -0.05) is 12.1 Å². The van der Waals surface area contributed by atoms with Gasteiger partial charge in [-0.3, -0.25) is 4.79 Å². The summed E-state index contributed by atoms with van der Waals surface area (Å²) in [5, 5.41) is 7.29. The third-order valence-corrected chi connectivity index (χ3v) is 5.35. The Balaban J connectivity index is 1.91. The Bertz CT molecular complexity index is 1130. The predicted octanol–water partition coefficient (Wildman–Crippen LogP) is 3.45. The van der Waals surface area contributed by atoms with Crippen molar-refractivity contribution in [3.8, 4) is 5.69 Å². The number of amides is 1. The summed E-state index contributed by atoms with van der Waals surface area (Å²) in [4.78, 5) is 12.8. The zero-order valence-electron chi connectivity index (χ0n) is 15.6. The number of carbonyl (C=O) groups excluding carboxylic acids is 1. The molecule has 0 atom stereocenters. The number of aryl methyl sites for hydroxylation is 3. The molecule has 140 valence electrons. The van der Waals surface area contributed by atoms with Gasteiger partial charge in [-0.15, -0.1) is 0 Å². The van der Waals surface area contributed by atoms with Crippen molar-refractivity contribution < 1.29 is 13.2 Å². The smallest absolute Gasteiger partial charge is 0.255 e. The topological polar surface area (TPSA) is 81.1 Å². The summed E-state index contributed by atoms with van der Waals surface area (Å²) in [6.45, 7) is 5.66. The number of aromatic nitrogens is 2. The molecule has 1 amide bonds. The average molecular weight is 383 g/mol. The molecule has 0 bridgehead atoms. The van der Waals surface area contributed by atoms with Crippen LogP contribution in [0.4, 0.5) is 5.69 Å². The standard InChI is InChI=1S/C20H21N3O3S/c1-13-8-9-18(27(4,25)26)12-19(13)20(24)21-16-6-5-7-17(11-16)23-15(3)10-14(2)22-23/h5-12H,1-4H3,(H,21,24). The molecule has 0 saturated heterocycles. The second-order valence-corrected chi connectivity index (χ2v) is 8.61. The van der Waals surface area contributed by atoms with Crippen LogP contribution in [0, 0.1) is 20.8 Å². The first-order valence-electron chi connectivity index (χ1n) is 8.41. The van der Waals surface area contributed by atoms with Gasteiger partial charge in [-0.05, 0) is 62.7 Å². The fraction of sp³-hybridized carbons (Fsp3) is 0.200. The van der Waals surface area contributed by atoms with Crippen molar-refractivity contribution >= 4 is 21.4 Å². The molecule has 0 aliphatic carbocycles. The molecule has 3 aromatic rings. The van der Waals surface area contributed by atoms with Gasteiger partial charge in [0.2, 0.25) is 0 Å². The Kier molecular flexibility index (Phi) is 4.89. The van der Waals surface area contributed by atoms with Crippen molar-refractivity contribution in [2.24, 2.45) is 0 Å². The number of hydrogen-bond acceptors (Lipinski definition) is 4. The van der Waals surface area contributed by atoms with E-state index in [-0.39, 0.29) is 10.8 Å². The average Bonchev–Trinajstić information content (AvgIpc) is 2.92. The molecular formula is C20H21N3O3S. The van der Waals surface area contributed by atoms with Crippen LogP contribution < -0.4 is 5.32 Å². The quantitative estimate of drug-likeness (QED) is 0.748. The summed E-state index contributed by atoms with van der Waals surface area (Å²) in [6.07, 6.45) is 1.12. The molecule has 0 fully saturated rings. The SMILES string of the molecule is Cc1cc(C)n(-c2cccc(NC(=O)c3cc(S(C)(=O)=O)ccc3C)c2)n1. The van der Waals surface area contributed by atoms with E-state index < -0.39 is 9.84 Å². The zero-order chi connectivity index (χ0) is 19.8. The predicted molar refractivity (Wildman–Crippen MR) is 105 cm³/mol. The Morgan fingerprint density at radius 3 is 2.41 bits per heavy atom. The van der Waals surface area contributed by atoms with E-state index in [9.17, 15) is 13.2 Å². The third-order valence-electron chi connectivity index (χ3n) is 4.24. The summed E-state index contributed by atoms with van der Waals surface area (Å²) in [6, 6.07) is 13.9. The number of anilines is 1. The van der Waals surface area contributed by atoms with Crippen LogP contribution in [-0.4, -0.2) is 30.4 Å². The van der Waals surface area contributed by atoms with E-state index in [2.05, 4.69) is 10.4 Å². The summed E-state index contributed by atoms with van der Waals surface area (Å²) in [5.41, 5.74) is 4.38. The lowest BCUT2D eigenvalue weighted by Gasteiger charge is -2.11. The minimum absolute atomic E-state index is 0.120. The highest BCUT2D eigenvalue weighted by molar-refractivity contribution is 7.90. The maximum Gasteiger partial charge on any atom is 0.255 e. The first kappa shape index (κ1) is 18.8. The van der Waals surface area contributed by atoms with Gasteiger partial charge in [0.05, 0.1) is 16.3 Å². The molecule has 6 nitrogen and oxygen atoms in total. The molecule has 0 radical (unpaired) electrons. The van der Waals surface area contributed by atoms with E-state index in [0.717, 1.165) is 23.3 Å². The highest BCUT2D eigenvalue weighted by Gasteiger charge is 2.15. The Morgan fingerprint density at radius 1 is 1.04 bits per heavy atom. The van der Waals surface area contributed by atoms with E-state index in [0.29, 0.717) is 16.8 Å². The van der Waals surface area contributed by atoms with Gasteiger partial charge in [-0.25, -0.2) is 13.1 Å². The molecule has 2 aromatic carbocycles. The molecular weight excluding hydrogens is 362 g/mol. The highest BCUT2D eigenvalue weighted by atomic mass is 32.2. The number of hydrogen-bond donors (Lipinski definition) is 1. The lowest BCUT2D eigenvalue weighted by molar-refractivity contribution is 0.102. The number of carbonyl (C=O) groups is 1. The minimum atomic E-state index is -3.39. The number of nitrogens with one attached hydrogen (secondary N) is 1. The molecule has 1 N–H and O–H groups in total. The molecule has 0 aliphatic heterocycles. The third kappa shape index (κ3) is 4.09. The van der Waals surface area contributed by atoms with Gasteiger partial charge in [0.15, 0.2) is 9.84 Å². The molecule has 0 unspecified atom stereocenters. The van der Waals surface area contributed by atoms with Crippen LogP contribution in [-0.2, 0) is 9.84 Å². The number of sulfone groups is 1. The van der Waals surface area contributed by atoms with Crippen LogP contribution in [0.5, 0.6) is 0 Å². The fourth-order valence-electron chi connectivity index (χ4n) is 2.88. The van der Waals surface area contributed by atoms with Crippen LogP contribution in [0.3, 0.4) is 0 Å². The normalized spacial score (nSPS) is 11.4. The summed E-state index contributed by atoms with van der Waals surface area (Å²) < 4.78 is 25.3. The summed E-state index contributed by atoms with van der Waals surface area (Å²) in [7, 11) is -3.39. The monoisotopic (exact) mass is 383 g/mol.